The molecule has 1 atom stereocenters. The van der Waals surface area contributed by atoms with E-state index in [1.807, 2.05) is 0 Å². The molecule has 1 heterocycles. The van der Waals surface area contributed by atoms with Crippen molar-refractivity contribution in [2.24, 2.45) is 10.8 Å². The summed E-state index contributed by atoms with van der Waals surface area (Å²) in [5.74, 6) is -3.13. The normalized spacial score (nSPS) is 22.2. The van der Waals surface area contributed by atoms with Crippen molar-refractivity contribution in [3.8, 4) is 0 Å². The summed E-state index contributed by atoms with van der Waals surface area (Å²) in [6.07, 6.45) is 0. The number of hydrogen-bond acceptors (Lipinski definition) is 6. The molecule has 0 aromatic heterocycles. The summed E-state index contributed by atoms with van der Waals surface area (Å²) in [6.45, 7) is 0. The van der Waals surface area contributed by atoms with Gasteiger partial charge in [-0.1, -0.05) is 12.1 Å². The molecule has 1 unspecified atom stereocenters. The van der Waals surface area contributed by atoms with Gasteiger partial charge in [-0.2, -0.15) is 5.06 Å². The second-order valence-electron chi connectivity index (χ2n) is 3.58. The van der Waals surface area contributed by atoms with Crippen LogP contribution >= 0.6 is 11.6 Å². The number of hydroxylamine groups is 1. The molecule has 8 nitrogen and oxygen atoms in total. The third-order valence-electron chi connectivity index (χ3n) is 2.33. The van der Waals surface area contributed by atoms with E-state index in [1.54, 1.807) is 12.1 Å². The van der Waals surface area contributed by atoms with Crippen LogP contribution in [0.4, 0.5) is 11.4 Å². The summed E-state index contributed by atoms with van der Waals surface area (Å²) in [5, 5.41) is 27.7. The number of carbonyl (C=O) groups excluding carboxylic acids is 1. The van der Waals surface area contributed by atoms with Crippen molar-refractivity contribution in [1.82, 2.24) is 5.32 Å². The molecule has 9 heteroatoms. The molecular formula is C9H10ClN5O3. The quantitative estimate of drug-likeness (QED) is 0.312. The summed E-state index contributed by atoms with van der Waals surface area (Å²) in [6, 6.07) is 6.13. The van der Waals surface area contributed by atoms with E-state index in [-0.39, 0.29) is 22.1 Å². The van der Waals surface area contributed by atoms with Gasteiger partial charge in [-0.15, -0.1) is 11.6 Å². The van der Waals surface area contributed by atoms with Gasteiger partial charge in [0.1, 0.15) is 11.6 Å². The first kappa shape index (κ1) is 12.6. The Morgan fingerprint density at radius 2 is 2.33 bits per heavy atom. The van der Waals surface area contributed by atoms with Crippen LogP contribution in [0.3, 0.4) is 0 Å². The van der Waals surface area contributed by atoms with Crippen LogP contribution in [0.25, 0.3) is 0 Å². The lowest BCUT2D eigenvalue weighted by Gasteiger charge is -2.34. The number of carbonyl (C=O) groups is 1. The molecule has 2 rings (SSSR count). The van der Waals surface area contributed by atoms with E-state index in [4.69, 9.17) is 17.3 Å². The predicted molar refractivity (Wildman–Crippen MR) is 62.2 cm³/mol. The number of halogens is 1. The standard InChI is InChI=1S/C9H10ClN5O3/c10-5-8(16)12-9(11)13-15(18)7-4-2-1-3-6(7)14(9)17/h1-4,17H,5,11H2,(H,12,16). The smallest absolute Gasteiger partial charge is 0.351 e. The van der Waals surface area contributed by atoms with Crippen LogP contribution in [0.1, 0.15) is 0 Å². The highest BCUT2D eigenvalue weighted by Gasteiger charge is 2.44. The molecule has 0 saturated carbocycles. The highest BCUT2D eigenvalue weighted by atomic mass is 35.5. The van der Waals surface area contributed by atoms with Crippen LogP contribution in [-0.2, 0) is 4.79 Å². The first-order chi connectivity index (χ1) is 8.48. The number of fused-ring (bicyclic) bond motifs is 1. The van der Waals surface area contributed by atoms with Gasteiger partial charge in [-0.3, -0.25) is 21.1 Å². The maximum atomic E-state index is 11.7. The third kappa shape index (κ3) is 1.96. The molecule has 0 radical (unpaired) electrons. The van der Waals surface area contributed by atoms with Gasteiger partial charge in [0.05, 0.1) is 0 Å². The second kappa shape index (κ2) is 4.41. The van der Waals surface area contributed by atoms with E-state index in [0.29, 0.717) is 5.06 Å². The molecule has 96 valence electrons. The van der Waals surface area contributed by atoms with Crippen LogP contribution < -0.4 is 16.1 Å². The summed E-state index contributed by atoms with van der Waals surface area (Å²) < 4.78 is 0. The molecule has 18 heavy (non-hydrogen) atoms. The van der Waals surface area contributed by atoms with Gasteiger partial charge in [0.15, 0.2) is 0 Å². The number of anilines is 1. The van der Waals surface area contributed by atoms with Gasteiger partial charge in [0.2, 0.25) is 5.91 Å². The van der Waals surface area contributed by atoms with Crippen molar-refractivity contribution in [3.63, 3.8) is 0 Å². The monoisotopic (exact) mass is 271 g/mol. The first-order valence-corrected chi connectivity index (χ1v) is 5.45. The number of nitrogens with zero attached hydrogens (tertiary/aromatic N) is 3. The zero-order valence-corrected chi connectivity index (χ0v) is 9.83. The Hall–Kier alpha value is -1.90. The molecular weight excluding hydrogens is 262 g/mol. The van der Waals surface area contributed by atoms with Gasteiger partial charge in [0, 0.05) is 11.2 Å². The van der Waals surface area contributed by atoms with E-state index in [1.165, 1.54) is 12.1 Å². The lowest BCUT2D eigenvalue weighted by Crippen LogP contribution is -2.67. The van der Waals surface area contributed by atoms with Crippen molar-refractivity contribution < 1.29 is 14.9 Å². The average molecular weight is 272 g/mol. The Morgan fingerprint density at radius 3 is 3.00 bits per heavy atom. The number of para-hydroxylation sites is 2. The largest absolute Gasteiger partial charge is 0.594 e. The molecule has 1 amide bonds. The van der Waals surface area contributed by atoms with Crippen molar-refractivity contribution in [2.45, 2.75) is 5.91 Å². The summed E-state index contributed by atoms with van der Waals surface area (Å²) >= 11 is 5.32. The molecule has 0 aliphatic carbocycles. The number of nitrogens with one attached hydrogen (secondary N) is 1. The van der Waals surface area contributed by atoms with Crippen molar-refractivity contribution >= 4 is 28.9 Å². The number of nitrogens with two attached hydrogens (primary N) is 1. The van der Waals surface area contributed by atoms with Gasteiger partial charge < -0.3 is 5.21 Å². The van der Waals surface area contributed by atoms with E-state index in [0.717, 1.165) is 0 Å². The van der Waals surface area contributed by atoms with E-state index >= 15 is 0 Å². The lowest BCUT2D eigenvalue weighted by molar-refractivity contribution is -0.457. The SMILES string of the molecule is NC1(NC(=O)CCl)N=[N+]([O-])c2ccccc2N1O. The summed E-state index contributed by atoms with van der Waals surface area (Å²) in [7, 11) is 0. The number of amides is 1. The number of hydrogen-bond donors (Lipinski definition) is 3. The minimum Gasteiger partial charge on any atom is -0.594 e. The van der Waals surface area contributed by atoms with Crippen LogP contribution in [0.15, 0.2) is 29.4 Å². The highest BCUT2D eigenvalue weighted by molar-refractivity contribution is 6.27. The van der Waals surface area contributed by atoms with Gasteiger partial charge in [-0.05, 0) is 10.9 Å². The van der Waals surface area contributed by atoms with Crippen molar-refractivity contribution in [1.29, 1.82) is 0 Å². The average Bonchev–Trinajstić information content (AvgIpc) is 2.36. The number of azo groups is 1. The molecule has 1 aliphatic heterocycles. The van der Waals surface area contributed by atoms with Crippen LogP contribution in [0, 0.1) is 5.21 Å². The minimum absolute atomic E-state index is 0.112. The number of benzene rings is 1. The number of rotatable bonds is 2. The van der Waals surface area contributed by atoms with Gasteiger partial charge in [0.25, 0.3) is 5.69 Å². The van der Waals surface area contributed by atoms with E-state index in [2.05, 4.69) is 10.4 Å². The maximum absolute atomic E-state index is 11.7. The Morgan fingerprint density at radius 1 is 1.67 bits per heavy atom. The van der Waals surface area contributed by atoms with Gasteiger partial charge in [-0.25, -0.2) is 0 Å². The molecule has 0 bridgehead atoms. The zero-order valence-electron chi connectivity index (χ0n) is 9.08. The third-order valence-corrected chi connectivity index (χ3v) is 2.57. The summed E-state index contributed by atoms with van der Waals surface area (Å²) in [4.78, 5) is 11.4. The number of alkyl halides is 1. The fourth-order valence-corrected chi connectivity index (χ4v) is 1.61. The fourth-order valence-electron chi connectivity index (χ4n) is 1.54. The molecule has 1 aromatic rings. The van der Waals surface area contributed by atoms with Gasteiger partial charge >= 0.3 is 5.91 Å². The molecule has 0 spiro atoms. The van der Waals surface area contributed by atoms with Crippen LogP contribution in [-0.4, -0.2) is 27.8 Å². The highest BCUT2D eigenvalue weighted by Crippen LogP contribution is 2.34. The molecule has 1 aliphatic rings. The Bertz CT molecular complexity index is 523. The minimum atomic E-state index is -2.08. The topological polar surface area (TPSA) is 117 Å². The molecule has 0 saturated heterocycles. The maximum Gasteiger partial charge on any atom is 0.351 e. The lowest BCUT2D eigenvalue weighted by atomic mass is 10.2. The molecule has 1 aromatic carbocycles. The van der Waals surface area contributed by atoms with Crippen LogP contribution in [0.5, 0.6) is 0 Å². The zero-order chi connectivity index (χ0) is 13.3. The Balaban J connectivity index is 2.43. The first-order valence-electron chi connectivity index (χ1n) is 4.92. The van der Waals surface area contributed by atoms with Crippen LogP contribution in [0.2, 0.25) is 0 Å². The second-order valence-corrected chi connectivity index (χ2v) is 3.85. The van der Waals surface area contributed by atoms with E-state index in [9.17, 15) is 15.2 Å². The van der Waals surface area contributed by atoms with E-state index < -0.39 is 11.8 Å². The van der Waals surface area contributed by atoms with Crippen molar-refractivity contribution in [2.75, 3.05) is 10.9 Å². The van der Waals surface area contributed by atoms with Crippen molar-refractivity contribution in [3.05, 3.63) is 29.5 Å². The fraction of sp³-hybridized carbons (Fsp3) is 0.222. The Labute approximate surface area is 107 Å². The molecule has 4 N–H and O–H groups in total. The molecule has 0 fully saturated rings. The predicted octanol–water partition coefficient (Wildman–Crippen LogP) is 0.415. The summed E-state index contributed by atoms with van der Waals surface area (Å²) in [5.41, 5.74) is 5.90. The Kier molecular flexibility index (Phi) is 3.07.